The number of hydrogen-bond acceptors (Lipinski definition) is 6. The topological polar surface area (TPSA) is 157 Å². The Hall–Kier alpha value is -3.54. The van der Waals surface area contributed by atoms with E-state index < -0.39 is 98.8 Å². The summed E-state index contributed by atoms with van der Waals surface area (Å²) in [7, 11) is -2.19. The van der Waals surface area contributed by atoms with Crippen molar-refractivity contribution < 1.29 is 49.5 Å². The Balaban J connectivity index is 1.79. The zero-order valence-corrected chi connectivity index (χ0v) is 33.3. The van der Waals surface area contributed by atoms with Gasteiger partial charge in [-0.05, 0) is 46.1 Å². The molecule has 1 saturated carbocycles. The van der Waals surface area contributed by atoms with E-state index >= 15 is 0 Å². The van der Waals surface area contributed by atoms with Gasteiger partial charge in [-0.15, -0.1) is 0 Å². The average molecular weight is 795 g/mol. The maximum atomic E-state index is 14.3. The van der Waals surface area contributed by atoms with Gasteiger partial charge in [-0.1, -0.05) is 73.6 Å². The number of nitrogens with one attached hydrogen (secondary N) is 4. The number of benzene rings is 1. The highest BCUT2D eigenvalue weighted by molar-refractivity contribution is 7.88. The molecule has 1 aromatic rings. The molecule has 4 N–H and O–H groups in total. The number of rotatable bonds is 14. The number of carbonyl (C=O) groups is 4. The summed E-state index contributed by atoms with van der Waals surface area (Å²) in [4.78, 5) is 56.1. The van der Waals surface area contributed by atoms with Gasteiger partial charge in [0.15, 0.2) is 0 Å². The lowest BCUT2D eigenvalue weighted by molar-refractivity contribution is -0.144. The number of nitrogens with zero attached hydrogens (tertiary/aromatic N) is 2. The van der Waals surface area contributed by atoms with Crippen LogP contribution in [-0.4, -0.2) is 105 Å². The molecule has 2 fully saturated rings. The Morgan fingerprint density at radius 3 is 2.11 bits per heavy atom. The molecule has 0 aromatic heterocycles. The Morgan fingerprint density at radius 2 is 1.59 bits per heavy atom. The van der Waals surface area contributed by atoms with E-state index in [1.165, 1.54) is 24.1 Å². The smallest absolute Gasteiger partial charge is 0.354 e. The summed E-state index contributed by atoms with van der Waals surface area (Å²) in [5.74, 6) is -2.88. The van der Waals surface area contributed by atoms with Crippen LogP contribution in [-0.2, 0) is 37.0 Å². The van der Waals surface area contributed by atoms with Crippen LogP contribution >= 0.6 is 0 Å². The van der Waals surface area contributed by atoms with Crippen LogP contribution in [0, 0.1) is 28.1 Å². The first-order valence-corrected chi connectivity index (χ1v) is 19.6. The van der Waals surface area contributed by atoms with Crippen molar-refractivity contribution in [3.05, 3.63) is 35.4 Å². The van der Waals surface area contributed by atoms with Crippen molar-refractivity contribution >= 4 is 33.8 Å². The fourth-order valence-corrected chi connectivity index (χ4v) is 7.33. The summed E-state index contributed by atoms with van der Waals surface area (Å²) < 4.78 is 92.1. The number of alkyl halides is 5. The van der Waals surface area contributed by atoms with Gasteiger partial charge in [0.2, 0.25) is 34.2 Å². The van der Waals surface area contributed by atoms with Crippen molar-refractivity contribution in [3.63, 3.8) is 0 Å². The van der Waals surface area contributed by atoms with Gasteiger partial charge in [0, 0.05) is 39.1 Å². The summed E-state index contributed by atoms with van der Waals surface area (Å²) in [5, 5.41) is 10.4. The lowest BCUT2D eigenvalue weighted by atomic mass is 9.85. The second kappa shape index (κ2) is 16.3. The molecule has 1 aliphatic carbocycles. The van der Waals surface area contributed by atoms with Crippen LogP contribution in [0.1, 0.15) is 72.9 Å². The number of likely N-dealkylation sites (tertiary alicyclic amines) is 1. The van der Waals surface area contributed by atoms with Gasteiger partial charge in [0.05, 0.1) is 11.8 Å². The van der Waals surface area contributed by atoms with E-state index in [0.29, 0.717) is 0 Å². The maximum absolute atomic E-state index is 14.3. The maximum Gasteiger partial charge on any atom is 0.416 e. The zero-order valence-electron chi connectivity index (χ0n) is 32.5. The monoisotopic (exact) mass is 794 g/mol. The van der Waals surface area contributed by atoms with Crippen LogP contribution < -0.4 is 21.3 Å². The van der Waals surface area contributed by atoms with Crippen LogP contribution in [0.3, 0.4) is 0 Å². The number of likely N-dealkylation sites (N-methyl/N-ethyl adjacent to an activating group) is 1. The molecule has 0 radical (unpaired) electrons. The van der Waals surface area contributed by atoms with E-state index in [0.717, 1.165) is 22.7 Å². The highest BCUT2D eigenvalue weighted by atomic mass is 32.2. The molecule has 1 saturated heterocycles. The average Bonchev–Trinajstić information content (AvgIpc) is 3.32. The minimum Gasteiger partial charge on any atom is -0.354 e. The molecule has 306 valence electrons. The normalized spacial score (nSPS) is 21.6. The molecule has 1 aliphatic heterocycles. The van der Waals surface area contributed by atoms with E-state index in [1.54, 1.807) is 20.8 Å². The van der Waals surface area contributed by atoms with E-state index in [2.05, 4.69) is 21.3 Å². The fourth-order valence-electron chi connectivity index (χ4n) is 6.91. The van der Waals surface area contributed by atoms with Crippen LogP contribution in [0.15, 0.2) is 24.3 Å². The number of sulfonamides is 1. The molecular formula is C36H55F5N6O6S. The molecule has 0 unspecified atom stereocenters. The number of amides is 5. The summed E-state index contributed by atoms with van der Waals surface area (Å²) in [6.45, 7) is 14.3. The summed E-state index contributed by atoms with van der Waals surface area (Å²) in [6.07, 6.45) is -7.61. The molecule has 2 aliphatic rings. The molecule has 0 spiro atoms. The molecule has 3 rings (SSSR count). The van der Waals surface area contributed by atoms with Gasteiger partial charge in [0.1, 0.15) is 18.1 Å². The van der Waals surface area contributed by atoms with E-state index in [9.17, 15) is 49.5 Å². The minimum atomic E-state index is -4.57. The van der Waals surface area contributed by atoms with E-state index in [4.69, 9.17) is 0 Å². The highest BCUT2D eigenvalue weighted by Gasteiger charge is 2.70. The van der Waals surface area contributed by atoms with Gasteiger partial charge in [-0.25, -0.2) is 26.3 Å². The lowest BCUT2D eigenvalue weighted by Gasteiger charge is -2.39. The Morgan fingerprint density at radius 1 is 0.981 bits per heavy atom. The molecular weight excluding hydrogens is 739 g/mol. The second-order valence-corrected chi connectivity index (χ2v) is 19.3. The van der Waals surface area contributed by atoms with Crippen molar-refractivity contribution in [3.8, 4) is 0 Å². The van der Waals surface area contributed by atoms with Crippen LogP contribution in [0.2, 0.25) is 0 Å². The Bertz CT molecular complexity index is 1660. The van der Waals surface area contributed by atoms with Crippen LogP contribution in [0.5, 0.6) is 0 Å². The van der Waals surface area contributed by atoms with Gasteiger partial charge in [0.25, 0.3) is 0 Å². The number of piperidine rings is 1. The van der Waals surface area contributed by atoms with Crippen molar-refractivity contribution in [2.24, 2.45) is 28.1 Å². The van der Waals surface area contributed by atoms with Gasteiger partial charge >= 0.3 is 12.2 Å². The van der Waals surface area contributed by atoms with E-state index in [1.807, 2.05) is 34.6 Å². The minimum absolute atomic E-state index is 0.0342. The van der Waals surface area contributed by atoms with Crippen LogP contribution in [0.25, 0.3) is 0 Å². The largest absolute Gasteiger partial charge is 0.416 e. The van der Waals surface area contributed by atoms with Crippen molar-refractivity contribution in [2.45, 2.75) is 105 Å². The SMILES string of the molecule is CN(C[C@@H](NC(=O)N[C@H](C(=O)N1C[C@H]2[C@@H]([C@H]1C(=O)N[C@@H](CC(F)F)C(=O)NCCc1cccc(C(F)(F)F)c1)C2(C)C)C(C)(C)C)C(C)(C)C)S(C)(=O)=O. The molecule has 54 heavy (non-hydrogen) atoms. The number of halogens is 5. The predicted octanol–water partition coefficient (Wildman–Crippen LogP) is 4.01. The molecule has 1 heterocycles. The quantitative estimate of drug-likeness (QED) is 0.209. The fraction of sp³-hybridized carbons (Fsp3) is 0.722. The Kier molecular flexibility index (Phi) is 13.5. The van der Waals surface area contributed by atoms with Gasteiger partial charge < -0.3 is 26.2 Å². The second-order valence-electron chi connectivity index (χ2n) is 17.2. The van der Waals surface area contributed by atoms with E-state index in [-0.39, 0.29) is 43.5 Å². The first-order valence-electron chi connectivity index (χ1n) is 17.8. The molecule has 5 amide bonds. The Labute approximate surface area is 314 Å². The number of urea groups is 1. The zero-order chi connectivity index (χ0) is 41.4. The number of carbonyl (C=O) groups excluding carboxylic acids is 4. The first kappa shape index (κ1) is 44.9. The number of fused-ring (bicyclic) bond motifs is 1. The highest BCUT2D eigenvalue weighted by Crippen LogP contribution is 2.65. The molecule has 0 bridgehead atoms. The third-order valence-electron chi connectivity index (χ3n) is 10.5. The predicted molar refractivity (Wildman–Crippen MR) is 193 cm³/mol. The van der Waals surface area contributed by atoms with Crippen LogP contribution in [0.4, 0.5) is 26.7 Å². The van der Waals surface area contributed by atoms with Crippen molar-refractivity contribution in [1.29, 1.82) is 0 Å². The third kappa shape index (κ3) is 11.3. The third-order valence-corrected chi connectivity index (χ3v) is 11.8. The first-order chi connectivity index (χ1) is 24.5. The summed E-state index contributed by atoms with van der Waals surface area (Å²) >= 11 is 0. The molecule has 12 nitrogen and oxygen atoms in total. The summed E-state index contributed by atoms with van der Waals surface area (Å²) in [5.41, 5.74) is -2.50. The molecule has 18 heteroatoms. The van der Waals surface area contributed by atoms with Gasteiger partial charge in [-0.3, -0.25) is 14.4 Å². The molecule has 1 aromatic carbocycles. The van der Waals surface area contributed by atoms with Gasteiger partial charge in [-0.2, -0.15) is 13.2 Å². The lowest BCUT2D eigenvalue weighted by Crippen LogP contribution is -2.62. The molecule has 6 atom stereocenters. The van der Waals surface area contributed by atoms with Crippen molar-refractivity contribution in [1.82, 2.24) is 30.5 Å². The number of hydrogen-bond donors (Lipinski definition) is 4. The van der Waals surface area contributed by atoms with Crippen molar-refractivity contribution in [2.75, 3.05) is 32.9 Å². The summed E-state index contributed by atoms with van der Waals surface area (Å²) in [6, 6.07) is -0.982. The standard InChI is InChI=1S/C36H55F5N6O6S/c1-33(2,3)24(19-46(9)54(10,52)53)44-32(51)45-28(34(4,5)6)31(50)47-18-22-26(35(22,7)8)27(47)30(49)43-23(17-25(37)38)29(48)42-15-14-20-12-11-13-21(16-20)36(39,40)41/h11-13,16,22-28H,14-15,17-19H2,1-10H3,(H,42,48)(H,43,49)(H2,44,45,51)/t22-,23-,24+,26-,27-,28+/m0/s1.